The van der Waals surface area contributed by atoms with Crippen molar-refractivity contribution in [3.05, 3.63) is 35.9 Å². The Morgan fingerprint density at radius 3 is 2.46 bits per heavy atom. The van der Waals surface area contributed by atoms with Gasteiger partial charge < -0.3 is 15.7 Å². The van der Waals surface area contributed by atoms with E-state index in [2.05, 4.69) is 10.6 Å². The normalized spacial score (nSPS) is 21.3. The molecule has 128 valence electrons. The van der Waals surface area contributed by atoms with Crippen LogP contribution in [0.25, 0.3) is 0 Å². The molecule has 0 radical (unpaired) electrons. The topological polar surface area (TPSA) is 102 Å². The Hall–Kier alpha value is -2.39. The Kier molecular flexibility index (Phi) is 6.76. The summed E-state index contributed by atoms with van der Waals surface area (Å²) in [6.45, 7) is 0.184. The molecule has 0 saturated heterocycles. The first-order valence-electron chi connectivity index (χ1n) is 8.27. The van der Waals surface area contributed by atoms with E-state index in [1.807, 2.05) is 12.1 Å². The molecule has 1 fully saturated rings. The predicted octanol–water partition coefficient (Wildman–Crippen LogP) is 1.22. The van der Waals surface area contributed by atoms with Crippen LogP contribution >= 0.6 is 0 Å². The van der Waals surface area contributed by atoms with Crippen molar-refractivity contribution in [2.45, 2.75) is 31.8 Å². The highest BCUT2D eigenvalue weighted by atomic mass is 16.3. The van der Waals surface area contributed by atoms with Crippen LogP contribution in [0.3, 0.4) is 0 Å². The first-order valence-corrected chi connectivity index (χ1v) is 8.27. The second kappa shape index (κ2) is 9.04. The average Bonchev–Trinajstić information content (AvgIpc) is 2.62. The molecule has 2 amide bonds. The fraction of sp³-hybridized carbons (Fsp3) is 0.500. The summed E-state index contributed by atoms with van der Waals surface area (Å²) < 4.78 is 0. The van der Waals surface area contributed by atoms with Gasteiger partial charge in [0.15, 0.2) is 0 Å². The van der Waals surface area contributed by atoms with Crippen molar-refractivity contribution in [2.24, 2.45) is 11.8 Å². The molecule has 1 aliphatic rings. The third-order valence-corrected chi connectivity index (χ3v) is 4.51. The minimum absolute atomic E-state index is 0.0443. The van der Waals surface area contributed by atoms with E-state index in [4.69, 9.17) is 5.26 Å². The number of hydrogen-bond acceptors (Lipinski definition) is 4. The van der Waals surface area contributed by atoms with Gasteiger partial charge in [0.2, 0.25) is 5.91 Å². The lowest BCUT2D eigenvalue weighted by molar-refractivity contribution is -0.127. The van der Waals surface area contributed by atoms with Gasteiger partial charge in [0.1, 0.15) is 6.54 Å². The van der Waals surface area contributed by atoms with Gasteiger partial charge in [-0.1, -0.05) is 18.2 Å². The Morgan fingerprint density at radius 2 is 1.83 bits per heavy atom. The number of amides is 2. The number of carbonyl (C=O) groups excluding carboxylic acids is 2. The summed E-state index contributed by atoms with van der Waals surface area (Å²) in [5.41, 5.74) is 0.549. The highest BCUT2D eigenvalue weighted by molar-refractivity contribution is 5.94. The van der Waals surface area contributed by atoms with Crippen LogP contribution in [0, 0.1) is 23.2 Å². The van der Waals surface area contributed by atoms with Crippen molar-refractivity contribution in [1.82, 2.24) is 10.6 Å². The second-order valence-electron chi connectivity index (χ2n) is 6.13. The summed E-state index contributed by atoms with van der Waals surface area (Å²) >= 11 is 0. The van der Waals surface area contributed by atoms with Crippen LogP contribution < -0.4 is 10.6 Å². The van der Waals surface area contributed by atoms with Crippen LogP contribution in [0.1, 0.15) is 36.0 Å². The Morgan fingerprint density at radius 1 is 1.17 bits per heavy atom. The number of hydrogen-bond donors (Lipinski definition) is 3. The van der Waals surface area contributed by atoms with Gasteiger partial charge in [-0.25, -0.2) is 0 Å². The zero-order valence-electron chi connectivity index (χ0n) is 13.6. The molecule has 1 atom stereocenters. The van der Waals surface area contributed by atoms with Gasteiger partial charge in [0, 0.05) is 12.1 Å². The molecule has 1 unspecified atom stereocenters. The monoisotopic (exact) mass is 329 g/mol. The first-order chi connectivity index (χ1) is 11.6. The molecular weight excluding hydrogens is 306 g/mol. The van der Waals surface area contributed by atoms with Crippen molar-refractivity contribution >= 4 is 11.8 Å². The number of aliphatic hydroxyl groups excluding tert-OH is 1. The van der Waals surface area contributed by atoms with Gasteiger partial charge in [-0.05, 0) is 43.7 Å². The Balaban J connectivity index is 1.98. The number of benzene rings is 1. The van der Waals surface area contributed by atoms with Crippen molar-refractivity contribution in [2.75, 3.05) is 13.1 Å². The smallest absolute Gasteiger partial charge is 0.251 e. The molecule has 0 aromatic heterocycles. The van der Waals surface area contributed by atoms with E-state index in [-0.39, 0.29) is 36.9 Å². The van der Waals surface area contributed by atoms with Gasteiger partial charge in [-0.3, -0.25) is 9.59 Å². The van der Waals surface area contributed by atoms with E-state index in [0.717, 1.165) is 12.8 Å². The van der Waals surface area contributed by atoms with Crippen LogP contribution in [0.5, 0.6) is 0 Å². The zero-order chi connectivity index (χ0) is 17.4. The van der Waals surface area contributed by atoms with Crippen molar-refractivity contribution in [1.29, 1.82) is 5.26 Å². The number of nitrogens with zero attached hydrogens (tertiary/aromatic N) is 1. The number of carbonyl (C=O) groups is 2. The first kappa shape index (κ1) is 18.0. The average molecular weight is 329 g/mol. The molecule has 0 heterocycles. The lowest BCUT2D eigenvalue weighted by atomic mass is 9.78. The summed E-state index contributed by atoms with van der Waals surface area (Å²) in [6, 6.07) is 10.7. The predicted molar refractivity (Wildman–Crippen MR) is 88.9 cm³/mol. The maximum Gasteiger partial charge on any atom is 0.251 e. The number of nitriles is 1. The fourth-order valence-corrected chi connectivity index (χ4v) is 3.13. The largest absolute Gasteiger partial charge is 0.393 e. The number of aliphatic hydroxyl groups is 1. The van der Waals surface area contributed by atoms with Crippen LogP contribution in [-0.2, 0) is 4.79 Å². The van der Waals surface area contributed by atoms with Crippen molar-refractivity contribution in [3.63, 3.8) is 0 Å². The van der Waals surface area contributed by atoms with Gasteiger partial charge in [-0.2, -0.15) is 5.26 Å². The third kappa shape index (κ3) is 5.07. The summed E-state index contributed by atoms with van der Waals surface area (Å²) in [4.78, 5) is 24.5. The fourth-order valence-electron chi connectivity index (χ4n) is 3.13. The Bertz CT molecular complexity index is 589. The summed E-state index contributed by atoms with van der Waals surface area (Å²) in [6.07, 6.45) is 2.52. The van der Waals surface area contributed by atoms with E-state index in [1.54, 1.807) is 24.3 Å². The molecule has 3 N–H and O–H groups in total. The molecule has 1 saturated carbocycles. The summed E-state index contributed by atoms with van der Waals surface area (Å²) in [5.74, 6) is -0.725. The molecule has 0 aliphatic heterocycles. The molecule has 6 heteroatoms. The minimum atomic E-state index is -0.390. The molecule has 0 bridgehead atoms. The molecule has 1 aliphatic carbocycles. The lowest BCUT2D eigenvalue weighted by Crippen LogP contribution is -2.43. The standard InChI is InChI=1S/C18H23N3O3/c19-10-11-20-18(24)16(13-6-8-15(22)9-7-13)12-21-17(23)14-4-2-1-3-5-14/h1-5,13,15-16,22H,6-9,11-12H2,(H,20,24)(H,21,23). The molecule has 6 nitrogen and oxygen atoms in total. The van der Waals surface area contributed by atoms with E-state index >= 15 is 0 Å². The van der Waals surface area contributed by atoms with E-state index in [9.17, 15) is 14.7 Å². The second-order valence-corrected chi connectivity index (χ2v) is 6.13. The van der Waals surface area contributed by atoms with Gasteiger partial charge in [0.05, 0.1) is 18.1 Å². The summed E-state index contributed by atoms with van der Waals surface area (Å²) in [7, 11) is 0. The number of nitrogens with one attached hydrogen (secondary N) is 2. The van der Waals surface area contributed by atoms with Crippen LogP contribution in [0.4, 0.5) is 0 Å². The van der Waals surface area contributed by atoms with E-state index < -0.39 is 5.92 Å². The maximum atomic E-state index is 12.4. The van der Waals surface area contributed by atoms with Crippen molar-refractivity contribution < 1.29 is 14.7 Å². The zero-order valence-corrected chi connectivity index (χ0v) is 13.6. The Labute approximate surface area is 141 Å². The third-order valence-electron chi connectivity index (χ3n) is 4.51. The highest BCUT2D eigenvalue weighted by Gasteiger charge is 2.31. The lowest BCUT2D eigenvalue weighted by Gasteiger charge is -2.31. The van der Waals surface area contributed by atoms with Gasteiger partial charge in [-0.15, -0.1) is 0 Å². The molecule has 1 aromatic carbocycles. The quantitative estimate of drug-likeness (QED) is 0.683. The number of rotatable bonds is 6. The van der Waals surface area contributed by atoms with Crippen LogP contribution in [0.2, 0.25) is 0 Å². The molecule has 2 rings (SSSR count). The van der Waals surface area contributed by atoms with E-state index in [1.165, 1.54) is 0 Å². The SMILES string of the molecule is N#CCNC(=O)C(CNC(=O)c1ccccc1)C1CCC(O)CC1. The van der Waals surface area contributed by atoms with Gasteiger partial charge in [0.25, 0.3) is 5.91 Å². The molecule has 24 heavy (non-hydrogen) atoms. The van der Waals surface area contributed by atoms with Crippen molar-refractivity contribution in [3.8, 4) is 6.07 Å². The van der Waals surface area contributed by atoms with Crippen LogP contribution in [-0.4, -0.2) is 36.1 Å². The molecule has 1 aromatic rings. The summed E-state index contributed by atoms with van der Waals surface area (Å²) in [5, 5.41) is 23.7. The highest BCUT2D eigenvalue weighted by Crippen LogP contribution is 2.30. The van der Waals surface area contributed by atoms with E-state index in [0.29, 0.717) is 18.4 Å². The maximum absolute atomic E-state index is 12.4. The van der Waals surface area contributed by atoms with Crippen LogP contribution in [0.15, 0.2) is 30.3 Å². The molecule has 0 spiro atoms. The molecular formula is C18H23N3O3. The van der Waals surface area contributed by atoms with Gasteiger partial charge >= 0.3 is 0 Å². The minimum Gasteiger partial charge on any atom is -0.393 e.